The maximum absolute atomic E-state index is 11.1. The van der Waals surface area contributed by atoms with Crippen LogP contribution in [0.25, 0.3) is 0 Å². The van der Waals surface area contributed by atoms with E-state index in [0.717, 1.165) is 25.9 Å². The van der Waals surface area contributed by atoms with E-state index < -0.39 is 10.8 Å². The summed E-state index contributed by atoms with van der Waals surface area (Å²) in [6, 6.07) is 4.27. The predicted octanol–water partition coefficient (Wildman–Crippen LogP) is 1.45. The molecule has 7 heteroatoms. The minimum absolute atomic E-state index is 0.115. The summed E-state index contributed by atoms with van der Waals surface area (Å²) >= 11 is 0. The monoisotopic (exact) mass is 292 g/mol. The first-order valence-corrected chi connectivity index (χ1v) is 6.98. The van der Waals surface area contributed by atoms with Crippen molar-refractivity contribution in [1.29, 1.82) is 0 Å². The molecule has 1 fully saturated rings. The number of nitro groups is 1. The van der Waals surface area contributed by atoms with Gasteiger partial charge < -0.3 is 16.0 Å². The SMILES string of the molecule is CN1CCCC(CNc2ccc(C(N)=O)cc2[N+](=O)[O-])C1. The van der Waals surface area contributed by atoms with E-state index in [9.17, 15) is 14.9 Å². The van der Waals surface area contributed by atoms with Crippen molar-refractivity contribution >= 4 is 17.3 Å². The van der Waals surface area contributed by atoms with Gasteiger partial charge in [0.05, 0.1) is 4.92 Å². The van der Waals surface area contributed by atoms with Crippen molar-refractivity contribution in [2.24, 2.45) is 11.7 Å². The van der Waals surface area contributed by atoms with Gasteiger partial charge in [-0.25, -0.2) is 0 Å². The Bertz CT molecular complexity index is 547. The first kappa shape index (κ1) is 15.2. The quantitative estimate of drug-likeness (QED) is 0.631. The highest BCUT2D eigenvalue weighted by Crippen LogP contribution is 2.26. The van der Waals surface area contributed by atoms with Gasteiger partial charge in [0.1, 0.15) is 5.69 Å². The summed E-state index contributed by atoms with van der Waals surface area (Å²) in [7, 11) is 2.08. The molecule has 1 unspecified atom stereocenters. The largest absolute Gasteiger partial charge is 0.379 e. The Kier molecular flexibility index (Phi) is 4.74. The molecule has 1 aromatic rings. The van der Waals surface area contributed by atoms with Crippen molar-refractivity contribution in [2.75, 3.05) is 32.0 Å². The van der Waals surface area contributed by atoms with E-state index in [0.29, 0.717) is 18.2 Å². The molecule has 0 aromatic heterocycles. The molecule has 0 radical (unpaired) electrons. The van der Waals surface area contributed by atoms with Gasteiger partial charge in [0.25, 0.3) is 5.69 Å². The van der Waals surface area contributed by atoms with Gasteiger partial charge in [-0.2, -0.15) is 0 Å². The van der Waals surface area contributed by atoms with Gasteiger partial charge in [-0.15, -0.1) is 0 Å². The van der Waals surface area contributed by atoms with Crippen LogP contribution < -0.4 is 11.1 Å². The van der Waals surface area contributed by atoms with Crippen LogP contribution in [-0.2, 0) is 0 Å². The molecule has 7 nitrogen and oxygen atoms in total. The number of nitrogens with two attached hydrogens (primary N) is 1. The zero-order valence-electron chi connectivity index (χ0n) is 12.0. The van der Waals surface area contributed by atoms with Crippen LogP contribution in [0.2, 0.25) is 0 Å². The number of amides is 1. The molecule has 2 rings (SSSR count). The molecule has 21 heavy (non-hydrogen) atoms. The van der Waals surface area contributed by atoms with Crippen LogP contribution in [0.4, 0.5) is 11.4 Å². The van der Waals surface area contributed by atoms with Gasteiger partial charge in [-0.3, -0.25) is 14.9 Å². The molecule has 1 aliphatic rings. The van der Waals surface area contributed by atoms with Crippen LogP contribution in [0.15, 0.2) is 18.2 Å². The molecule has 0 bridgehead atoms. The van der Waals surface area contributed by atoms with Crippen molar-refractivity contribution < 1.29 is 9.72 Å². The fourth-order valence-corrected chi connectivity index (χ4v) is 2.68. The van der Waals surface area contributed by atoms with E-state index in [1.54, 1.807) is 6.07 Å². The molecule has 114 valence electrons. The number of nitrogens with one attached hydrogen (secondary N) is 1. The van der Waals surface area contributed by atoms with Gasteiger partial charge in [-0.1, -0.05) is 0 Å². The third kappa shape index (κ3) is 3.91. The highest BCUT2D eigenvalue weighted by atomic mass is 16.6. The number of nitrogens with zero attached hydrogens (tertiary/aromatic N) is 2. The molecule has 1 heterocycles. The van der Waals surface area contributed by atoms with Crippen LogP contribution in [0.1, 0.15) is 23.2 Å². The summed E-state index contributed by atoms with van der Waals surface area (Å²) < 4.78 is 0. The van der Waals surface area contributed by atoms with Crippen LogP contribution in [0.3, 0.4) is 0 Å². The minimum atomic E-state index is -0.668. The van der Waals surface area contributed by atoms with Crippen LogP contribution in [-0.4, -0.2) is 42.4 Å². The van der Waals surface area contributed by atoms with Gasteiger partial charge in [0.15, 0.2) is 0 Å². The number of primary amides is 1. The van der Waals surface area contributed by atoms with Gasteiger partial charge in [-0.05, 0) is 44.5 Å². The normalized spacial score (nSPS) is 19.2. The minimum Gasteiger partial charge on any atom is -0.379 e. The highest BCUT2D eigenvalue weighted by molar-refractivity contribution is 5.94. The number of carbonyl (C=O) groups excluding carboxylic acids is 1. The number of hydrogen-bond acceptors (Lipinski definition) is 5. The second-order valence-electron chi connectivity index (χ2n) is 5.50. The summed E-state index contributed by atoms with van der Waals surface area (Å²) in [6.45, 7) is 2.77. The summed E-state index contributed by atoms with van der Waals surface area (Å²) in [5.74, 6) is -0.197. The first-order chi connectivity index (χ1) is 9.97. The van der Waals surface area contributed by atoms with E-state index in [1.165, 1.54) is 12.1 Å². The number of piperidine rings is 1. The average Bonchev–Trinajstić information content (AvgIpc) is 2.44. The van der Waals surface area contributed by atoms with Crippen molar-refractivity contribution in [3.8, 4) is 0 Å². The lowest BCUT2D eigenvalue weighted by molar-refractivity contribution is -0.384. The Hall–Kier alpha value is -2.15. The summed E-state index contributed by atoms with van der Waals surface area (Å²) in [5.41, 5.74) is 5.61. The van der Waals surface area contributed by atoms with Gasteiger partial charge >= 0.3 is 0 Å². The Morgan fingerprint density at radius 1 is 1.57 bits per heavy atom. The lowest BCUT2D eigenvalue weighted by Gasteiger charge is -2.29. The molecule has 3 N–H and O–H groups in total. The average molecular weight is 292 g/mol. The van der Waals surface area contributed by atoms with Crippen LogP contribution in [0, 0.1) is 16.0 Å². The second kappa shape index (κ2) is 6.53. The smallest absolute Gasteiger partial charge is 0.293 e. The number of benzene rings is 1. The summed E-state index contributed by atoms with van der Waals surface area (Å²) in [5, 5.41) is 14.2. The standard InChI is InChI=1S/C14H20N4O3/c1-17-6-2-3-10(9-17)8-16-12-5-4-11(14(15)19)7-13(12)18(20)21/h4-5,7,10,16H,2-3,6,8-9H2,1H3,(H2,15,19). The second-order valence-corrected chi connectivity index (χ2v) is 5.50. The van der Waals surface area contributed by atoms with E-state index in [4.69, 9.17) is 5.73 Å². The topological polar surface area (TPSA) is 102 Å². The van der Waals surface area contributed by atoms with Crippen molar-refractivity contribution in [2.45, 2.75) is 12.8 Å². The summed E-state index contributed by atoms with van der Waals surface area (Å²) in [6.07, 6.45) is 2.26. The molecule has 1 amide bonds. The van der Waals surface area contributed by atoms with Gasteiger partial charge in [0.2, 0.25) is 5.91 Å². The molecule has 1 atom stereocenters. The number of hydrogen-bond donors (Lipinski definition) is 2. The van der Waals surface area contributed by atoms with E-state index in [1.807, 2.05) is 0 Å². The lowest BCUT2D eigenvalue weighted by atomic mass is 9.98. The predicted molar refractivity (Wildman–Crippen MR) is 80.3 cm³/mol. The maximum Gasteiger partial charge on any atom is 0.293 e. The number of nitro benzene ring substituents is 1. The number of rotatable bonds is 5. The first-order valence-electron chi connectivity index (χ1n) is 6.98. The highest BCUT2D eigenvalue weighted by Gasteiger charge is 2.20. The molecule has 0 aliphatic carbocycles. The van der Waals surface area contributed by atoms with E-state index >= 15 is 0 Å². The van der Waals surface area contributed by atoms with Crippen LogP contribution >= 0.6 is 0 Å². The fourth-order valence-electron chi connectivity index (χ4n) is 2.68. The number of carbonyl (C=O) groups is 1. The van der Waals surface area contributed by atoms with Crippen LogP contribution in [0.5, 0.6) is 0 Å². The maximum atomic E-state index is 11.1. The fraction of sp³-hybridized carbons (Fsp3) is 0.500. The number of likely N-dealkylation sites (tertiary alicyclic amines) is 1. The van der Waals surface area contributed by atoms with Gasteiger partial charge in [0, 0.05) is 24.7 Å². The molecular weight excluding hydrogens is 272 g/mol. The molecule has 0 saturated carbocycles. The summed E-state index contributed by atoms with van der Waals surface area (Å²) in [4.78, 5) is 24.0. The zero-order valence-corrected chi connectivity index (χ0v) is 12.0. The Morgan fingerprint density at radius 3 is 2.95 bits per heavy atom. The van der Waals surface area contributed by atoms with E-state index in [-0.39, 0.29) is 11.3 Å². The Labute approximate surface area is 123 Å². The van der Waals surface area contributed by atoms with E-state index in [2.05, 4.69) is 17.3 Å². The third-order valence-corrected chi connectivity index (χ3v) is 3.78. The van der Waals surface area contributed by atoms with Crippen molar-refractivity contribution in [3.05, 3.63) is 33.9 Å². The molecular formula is C14H20N4O3. The number of anilines is 1. The van der Waals surface area contributed by atoms with Crippen molar-refractivity contribution in [1.82, 2.24) is 4.90 Å². The Morgan fingerprint density at radius 2 is 2.33 bits per heavy atom. The molecule has 1 aliphatic heterocycles. The lowest BCUT2D eigenvalue weighted by Crippen LogP contribution is -2.35. The molecule has 1 aromatic carbocycles. The Balaban J connectivity index is 2.08. The van der Waals surface area contributed by atoms with Crippen molar-refractivity contribution in [3.63, 3.8) is 0 Å². The molecule has 0 spiro atoms. The zero-order chi connectivity index (χ0) is 15.4. The third-order valence-electron chi connectivity index (χ3n) is 3.78. The molecule has 1 saturated heterocycles.